The molecule has 1 radical (unpaired) electrons. The van der Waals surface area contributed by atoms with Gasteiger partial charge in [0.15, 0.2) is 5.51 Å². The van der Waals surface area contributed by atoms with Crippen LogP contribution in [0, 0.1) is 11.3 Å². The summed E-state index contributed by atoms with van der Waals surface area (Å²) in [6.45, 7) is 1.44. The monoisotopic (exact) mass is 334 g/mol. The molecule has 1 amide bonds. The van der Waals surface area contributed by atoms with Crippen molar-refractivity contribution in [2.24, 2.45) is 5.73 Å². The fourth-order valence-electron chi connectivity index (χ4n) is 2.33. The molecule has 6 nitrogen and oxygen atoms in total. The zero-order chi connectivity index (χ0) is 16.6. The lowest BCUT2D eigenvalue weighted by molar-refractivity contribution is -0.120. The quantitative estimate of drug-likeness (QED) is 0.924. The highest BCUT2D eigenvalue weighted by Gasteiger charge is 2.37. The van der Waals surface area contributed by atoms with Crippen LogP contribution in [-0.4, -0.2) is 35.6 Å². The van der Waals surface area contributed by atoms with Crippen LogP contribution in [0.15, 0.2) is 24.4 Å². The van der Waals surface area contributed by atoms with E-state index >= 15 is 0 Å². The summed E-state index contributed by atoms with van der Waals surface area (Å²) in [6, 6.07) is 3.54. The van der Waals surface area contributed by atoms with E-state index < -0.39 is 24.1 Å². The number of ketones is 1. The lowest BCUT2D eigenvalue weighted by Crippen LogP contribution is -2.43. The smallest absolute Gasteiger partial charge is 0.414 e. The average molecular weight is 334 g/mol. The normalized spacial score (nSPS) is 18.8. The van der Waals surface area contributed by atoms with E-state index in [-0.39, 0.29) is 12.3 Å². The number of cyclic esters (lactones) is 1. The molecule has 0 aliphatic carbocycles. The Labute approximate surface area is 135 Å². The van der Waals surface area contributed by atoms with Crippen LogP contribution in [0.5, 0.6) is 0 Å². The van der Waals surface area contributed by atoms with Crippen LogP contribution >= 0.6 is 11.3 Å². The fraction of sp³-hybridized carbons (Fsp3) is 0.267. The number of aromatic nitrogens is 1. The molecule has 1 aromatic carbocycles. The van der Waals surface area contributed by atoms with E-state index in [2.05, 4.69) is 10.5 Å². The second-order valence-corrected chi connectivity index (χ2v) is 5.98. The third kappa shape index (κ3) is 2.95. The minimum Gasteiger partial charge on any atom is -0.442 e. The van der Waals surface area contributed by atoms with Gasteiger partial charge in [-0.2, -0.15) is 0 Å². The van der Waals surface area contributed by atoms with E-state index in [0.29, 0.717) is 16.1 Å². The number of ether oxygens (including phenoxy) is 1. The Kier molecular flexibility index (Phi) is 4.10. The summed E-state index contributed by atoms with van der Waals surface area (Å²) in [5, 5.41) is 0. The SMILES string of the molecule is CC(=O)C(N)C1CN(c2ccc(-c3cn[c]s3)c(F)c2)C(=O)O1. The first-order valence-corrected chi connectivity index (χ1v) is 7.65. The summed E-state index contributed by atoms with van der Waals surface area (Å²) in [5.41, 5.74) is 9.10. The molecule has 0 spiro atoms. The van der Waals surface area contributed by atoms with Crippen LogP contribution in [0.1, 0.15) is 6.92 Å². The summed E-state index contributed by atoms with van der Waals surface area (Å²) in [5.74, 6) is -0.750. The van der Waals surface area contributed by atoms with Crippen molar-refractivity contribution in [2.75, 3.05) is 11.4 Å². The molecule has 1 aromatic heterocycles. The molecule has 2 N–H and O–H groups in total. The van der Waals surface area contributed by atoms with Gasteiger partial charge in [-0.1, -0.05) is 0 Å². The predicted octanol–water partition coefficient (Wildman–Crippen LogP) is 1.99. The molecule has 1 aliphatic rings. The molecular weight excluding hydrogens is 321 g/mol. The van der Waals surface area contributed by atoms with Crippen LogP contribution < -0.4 is 10.6 Å². The van der Waals surface area contributed by atoms with E-state index in [1.165, 1.54) is 35.4 Å². The van der Waals surface area contributed by atoms with Gasteiger partial charge in [-0.05, 0) is 25.1 Å². The molecule has 1 fully saturated rings. The Morgan fingerprint density at radius 1 is 1.61 bits per heavy atom. The first-order chi connectivity index (χ1) is 11.0. The minimum atomic E-state index is -0.888. The number of hydrogen-bond acceptors (Lipinski definition) is 6. The molecular formula is C15H13FN3O3S. The van der Waals surface area contributed by atoms with Gasteiger partial charge in [0.2, 0.25) is 0 Å². The van der Waals surface area contributed by atoms with Gasteiger partial charge in [0.1, 0.15) is 23.7 Å². The third-order valence-electron chi connectivity index (χ3n) is 3.62. The molecule has 2 unspecified atom stereocenters. The number of hydrogen-bond donors (Lipinski definition) is 1. The van der Waals surface area contributed by atoms with Crippen LogP contribution in [0.25, 0.3) is 10.4 Å². The van der Waals surface area contributed by atoms with Crippen molar-refractivity contribution in [3.05, 3.63) is 35.7 Å². The number of carbonyl (C=O) groups excluding carboxylic acids is 2. The Balaban J connectivity index is 1.84. The maximum Gasteiger partial charge on any atom is 0.414 e. The highest BCUT2D eigenvalue weighted by atomic mass is 32.1. The molecule has 8 heteroatoms. The maximum atomic E-state index is 14.3. The van der Waals surface area contributed by atoms with Gasteiger partial charge in [0.25, 0.3) is 0 Å². The second kappa shape index (κ2) is 6.05. The first kappa shape index (κ1) is 15.6. The van der Waals surface area contributed by atoms with Gasteiger partial charge in [0.05, 0.1) is 17.1 Å². The first-order valence-electron chi connectivity index (χ1n) is 6.83. The molecule has 2 atom stereocenters. The Bertz CT molecular complexity index is 750. The molecule has 1 saturated heterocycles. The number of carbonyl (C=O) groups is 2. The van der Waals surface area contributed by atoms with E-state index in [1.807, 2.05) is 0 Å². The van der Waals surface area contributed by atoms with Gasteiger partial charge in [-0.3, -0.25) is 9.69 Å². The van der Waals surface area contributed by atoms with Gasteiger partial charge >= 0.3 is 6.09 Å². The molecule has 2 heterocycles. The standard InChI is InChI=1S/C15H13FN3O3S/c1-8(20)14(17)12-6-19(15(21)22-12)9-2-3-10(11(16)4-9)13-5-18-7-23-13/h2-5,12,14H,6,17H2,1H3. The van der Waals surface area contributed by atoms with Gasteiger partial charge in [0, 0.05) is 11.8 Å². The number of rotatable bonds is 4. The van der Waals surface area contributed by atoms with Crippen molar-refractivity contribution in [1.82, 2.24) is 4.98 Å². The van der Waals surface area contributed by atoms with Gasteiger partial charge in [-0.25, -0.2) is 14.2 Å². The highest BCUT2D eigenvalue weighted by Crippen LogP contribution is 2.30. The number of amides is 1. The Morgan fingerprint density at radius 3 is 3.00 bits per heavy atom. The van der Waals surface area contributed by atoms with Crippen molar-refractivity contribution in [3.63, 3.8) is 0 Å². The highest BCUT2D eigenvalue weighted by molar-refractivity contribution is 7.12. The Hall–Kier alpha value is -2.32. The van der Waals surface area contributed by atoms with Crippen molar-refractivity contribution >= 4 is 28.9 Å². The third-order valence-corrected chi connectivity index (χ3v) is 4.37. The van der Waals surface area contributed by atoms with Crippen molar-refractivity contribution in [1.29, 1.82) is 0 Å². The van der Waals surface area contributed by atoms with Crippen LogP contribution in [0.4, 0.5) is 14.9 Å². The van der Waals surface area contributed by atoms with Gasteiger partial charge < -0.3 is 10.5 Å². The minimum absolute atomic E-state index is 0.104. The number of nitrogens with zero attached hydrogens (tertiary/aromatic N) is 2. The number of benzene rings is 1. The van der Waals surface area contributed by atoms with Crippen LogP contribution in [0.3, 0.4) is 0 Å². The number of Topliss-reactive ketones (excluding diaryl/α,β-unsaturated/α-hetero) is 1. The topological polar surface area (TPSA) is 85.5 Å². The molecule has 23 heavy (non-hydrogen) atoms. The van der Waals surface area contributed by atoms with Crippen LogP contribution in [-0.2, 0) is 9.53 Å². The van der Waals surface area contributed by atoms with E-state index in [9.17, 15) is 14.0 Å². The lowest BCUT2D eigenvalue weighted by Gasteiger charge is -2.15. The summed E-state index contributed by atoms with van der Waals surface area (Å²) in [7, 11) is 0. The number of nitrogens with two attached hydrogens (primary N) is 1. The second-order valence-electron chi connectivity index (χ2n) is 5.15. The van der Waals surface area contributed by atoms with E-state index in [0.717, 1.165) is 0 Å². The van der Waals surface area contributed by atoms with Crippen LogP contribution in [0.2, 0.25) is 0 Å². The largest absolute Gasteiger partial charge is 0.442 e. The summed E-state index contributed by atoms with van der Waals surface area (Å²) in [6.07, 6.45) is 0.137. The molecule has 0 saturated carbocycles. The zero-order valence-electron chi connectivity index (χ0n) is 12.2. The number of anilines is 1. The predicted molar refractivity (Wildman–Crippen MR) is 82.6 cm³/mol. The number of thiazole rings is 1. The molecule has 3 rings (SSSR count). The molecule has 1 aliphatic heterocycles. The van der Waals surface area contributed by atoms with Crippen molar-refractivity contribution in [2.45, 2.75) is 19.1 Å². The summed E-state index contributed by atoms with van der Waals surface area (Å²) in [4.78, 5) is 29.0. The molecule has 0 bridgehead atoms. The van der Waals surface area contributed by atoms with E-state index in [4.69, 9.17) is 10.5 Å². The van der Waals surface area contributed by atoms with E-state index in [1.54, 1.807) is 12.1 Å². The fourth-order valence-corrected chi connectivity index (χ4v) is 2.91. The summed E-state index contributed by atoms with van der Waals surface area (Å²) >= 11 is 1.20. The molecule has 2 aromatic rings. The molecule has 119 valence electrons. The lowest BCUT2D eigenvalue weighted by atomic mass is 10.1. The van der Waals surface area contributed by atoms with Crippen molar-refractivity contribution in [3.8, 4) is 10.4 Å². The van der Waals surface area contributed by atoms with Crippen molar-refractivity contribution < 1.29 is 18.7 Å². The number of halogens is 1. The van der Waals surface area contributed by atoms with Gasteiger partial charge in [-0.15, -0.1) is 11.3 Å². The Morgan fingerprint density at radius 2 is 2.39 bits per heavy atom. The maximum absolute atomic E-state index is 14.3. The summed E-state index contributed by atoms with van der Waals surface area (Å²) < 4.78 is 19.4. The zero-order valence-corrected chi connectivity index (χ0v) is 13.0. The average Bonchev–Trinajstić information content (AvgIpc) is 3.15.